The Bertz CT molecular complexity index is 3580. The molecule has 0 spiro atoms. The molecule has 0 bridgehead atoms. The second kappa shape index (κ2) is 15.6. The number of benzene rings is 8. The molecule has 3 fully saturated rings. The molecule has 0 saturated heterocycles. The van der Waals surface area contributed by atoms with Crippen LogP contribution >= 0.6 is 0 Å². The first kappa shape index (κ1) is 39.0. The van der Waals surface area contributed by atoms with E-state index in [9.17, 15) is 5.26 Å². The first-order chi connectivity index (χ1) is 33.0. The maximum absolute atomic E-state index is 9.50. The highest BCUT2D eigenvalue weighted by Gasteiger charge is 2.71. The monoisotopic (exact) mass is 858 g/mol. The highest BCUT2D eigenvalue weighted by molar-refractivity contribution is 5.96. The fourth-order valence-electron chi connectivity index (χ4n) is 11.5. The minimum absolute atomic E-state index is 0.365. The van der Waals surface area contributed by atoms with Crippen molar-refractivity contribution in [2.45, 2.75) is 24.7 Å². The number of hydrogen-bond acceptors (Lipinski definition) is 6. The second-order valence-corrected chi connectivity index (χ2v) is 18.5. The van der Waals surface area contributed by atoms with Crippen molar-refractivity contribution in [3.8, 4) is 96.4 Å². The van der Waals surface area contributed by atoms with Gasteiger partial charge < -0.3 is 0 Å². The average molecular weight is 859 g/mol. The number of nitrogens with zero attached hydrogens (tertiary/aromatic N) is 6. The van der Waals surface area contributed by atoms with E-state index < -0.39 is 0 Å². The fraction of sp³-hybridized carbons (Fsp3) is 0.115. The fourth-order valence-corrected chi connectivity index (χ4v) is 11.5. The quantitative estimate of drug-likeness (QED) is 0.144. The average Bonchev–Trinajstić information content (AvgIpc) is 3.40. The zero-order chi connectivity index (χ0) is 44.5. The summed E-state index contributed by atoms with van der Waals surface area (Å²) in [5.74, 6) is 5.41. The van der Waals surface area contributed by atoms with Gasteiger partial charge in [0.25, 0.3) is 0 Å². The predicted molar refractivity (Wildman–Crippen MR) is 267 cm³/mol. The van der Waals surface area contributed by atoms with Crippen LogP contribution in [0.15, 0.2) is 200 Å². The van der Waals surface area contributed by atoms with Crippen LogP contribution in [0.2, 0.25) is 0 Å². The molecule has 0 aliphatic heterocycles. The first-order valence-corrected chi connectivity index (χ1v) is 23.2. The van der Waals surface area contributed by atoms with Gasteiger partial charge in [-0.05, 0) is 111 Å². The van der Waals surface area contributed by atoms with E-state index in [1.54, 1.807) is 0 Å². The molecule has 3 aliphatic carbocycles. The van der Waals surface area contributed by atoms with Gasteiger partial charge in [0.15, 0.2) is 23.3 Å². The molecule has 3 saturated carbocycles. The summed E-state index contributed by atoms with van der Waals surface area (Å²) in [7, 11) is 0. The Hall–Kier alpha value is -8.40. The maximum atomic E-state index is 9.50. The van der Waals surface area contributed by atoms with Gasteiger partial charge in [-0.3, -0.25) is 0 Å². The maximum Gasteiger partial charge on any atom is 0.164 e. The highest BCUT2D eigenvalue weighted by atomic mass is 15.0. The van der Waals surface area contributed by atoms with Gasteiger partial charge >= 0.3 is 0 Å². The van der Waals surface area contributed by atoms with E-state index in [1.165, 1.54) is 24.8 Å². The molecule has 13 rings (SSSR count). The molecule has 2 aromatic heterocycles. The molecule has 2 unspecified atom stereocenters. The number of hydrogen-bond donors (Lipinski definition) is 0. The van der Waals surface area contributed by atoms with Crippen molar-refractivity contribution in [3.63, 3.8) is 0 Å². The lowest BCUT2D eigenvalue weighted by molar-refractivity contribution is -0.219. The molecule has 6 nitrogen and oxygen atoms in total. The molecule has 2 atom stereocenters. The summed E-state index contributed by atoms with van der Waals surface area (Å²) in [5.41, 5.74) is 14.1. The second-order valence-electron chi connectivity index (χ2n) is 18.5. The molecule has 0 N–H and O–H groups in total. The van der Waals surface area contributed by atoms with Crippen LogP contribution in [0.3, 0.4) is 0 Å². The number of nitriles is 1. The van der Waals surface area contributed by atoms with E-state index in [2.05, 4.69) is 164 Å². The lowest BCUT2D eigenvalue weighted by Crippen LogP contribution is -2.71. The van der Waals surface area contributed by atoms with Gasteiger partial charge in [0.1, 0.15) is 0 Å². The van der Waals surface area contributed by atoms with Crippen molar-refractivity contribution in [1.82, 2.24) is 24.9 Å². The Morgan fingerprint density at radius 2 is 0.925 bits per heavy atom. The minimum atomic E-state index is 0.365. The Labute approximate surface area is 389 Å². The molecule has 67 heavy (non-hydrogen) atoms. The summed E-state index contributed by atoms with van der Waals surface area (Å²) in [6.45, 7) is 0. The van der Waals surface area contributed by atoms with Crippen molar-refractivity contribution in [3.05, 3.63) is 211 Å². The lowest BCUT2D eigenvalue weighted by atomic mass is 9.28. The highest BCUT2D eigenvalue weighted by Crippen LogP contribution is 2.77. The predicted octanol–water partition coefficient (Wildman–Crippen LogP) is 14.3. The Morgan fingerprint density at radius 3 is 1.64 bits per heavy atom. The molecule has 3 aliphatic rings. The van der Waals surface area contributed by atoms with Gasteiger partial charge in [0.05, 0.1) is 23.0 Å². The summed E-state index contributed by atoms with van der Waals surface area (Å²) < 4.78 is 0. The SMILES string of the molecule is N#Cc1cccc(-c2ccc(-c3cc(-c4cccc5ccccc45)nc(-c4cccc(-c5ccc(-c6nc(-c7ccccc7)nc(-c7cccc(C89CC%10CC(C8)C%109)c7)n6)cc5)c4)n3)cc2)c1. The minimum Gasteiger partial charge on any atom is -0.228 e. The third-order valence-electron chi connectivity index (χ3n) is 14.8. The van der Waals surface area contributed by atoms with Crippen molar-refractivity contribution in [2.24, 2.45) is 17.8 Å². The van der Waals surface area contributed by atoms with Crippen LogP contribution in [-0.4, -0.2) is 24.9 Å². The van der Waals surface area contributed by atoms with Crippen LogP contribution in [0.5, 0.6) is 0 Å². The van der Waals surface area contributed by atoms with Crippen molar-refractivity contribution >= 4 is 10.8 Å². The molecule has 8 aromatic carbocycles. The zero-order valence-corrected chi connectivity index (χ0v) is 36.6. The van der Waals surface area contributed by atoms with Gasteiger partial charge in [0, 0.05) is 33.4 Å². The van der Waals surface area contributed by atoms with E-state index in [1.807, 2.05) is 42.5 Å². The van der Waals surface area contributed by atoms with Gasteiger partial charge in [-0.25, -0.2) is 24.9 Å². The number of rotatable bonds is 9. The van der Waals surface area contributed by atoms with Gasteiger partial charge in [-0.15, -0.1) is 0 Å². The molecule has 6 heteroatoms. The van der Waals surface area contributed by atoms with Crippen LogP contribution in [-0.2, 0) is 5.41 Å². The Morgan fingerprint density at radius 1 is 0.403 bits per heavy atom. The van der Waals surface area contributed by atoms with Crippen molar-refractivity contribution in [1.29, 1.82) is 5.26 Å². The van der Waals surface area contributed by atoms with Crippen LogP contribution in [0, 0.1) is 29.1 Å². The molecule has 2 heterocycles. The smallest absolute Gasteiger partial charge is 0.164 e. The van der Waals surface area contributed by atoms with Crippen LogP contribution in [0.1, 0.15) is 30.4 Å². The molecule has 316 valence electrons. The van der Waals surface area contributed by atoms with Crippen LogP contribution in [0.25, 0.3) is 101 Å². The van der Waals surface area contributed by atoms with E-state index in [0.717, 1.165) is 95.5 Å². The van der Waals surface area contributed by atoms with Gasteiger partial charge in [-0.2, -0.15) is 5.26 Å². The standard InChI is InChI=1S/C61H42N6/c62-37-38-10-6-15-45(30-38)39-22-26-42(27-23-39)54-34-55(53-21-9-14-41-11-4-5-20-52(41)53)64-59(63-54)47-17-7-16-46(31-47)40-24-28-44(29-25-40)58-65-57(43-12-2-1-3-13-43)66-60(67-58)48-18-8-19-51(33-48)61-35-49-32-50(36-61)56(49)61/h1-31,33-34,49-50,56H,32,35-36H2. The van der Waals surface area contributed by atoms with E-state index in [4.69, 9.17) is 24.9 Å². The number of fused-ring (bicyclic) bond motifs is 1. The third-order valence-corrected chi connectivity index (χ3v) is 14.8. The largest absolute Gasteiger partial charge is 0.228 e. The summed E-state index contributed by atoms with van der Waals surface area (Å²) in [6, 6.07) is 71.4. The third kappa shape index (κ3) is 6.73. The van der Waals surface area contributed by atoms with E-state index in [0.29, 0.717) is 34.3 Å². The number of aromatic nitrogens is 5. The van der Waals surface area contributed by atoms with Gasteiger partial charge in [-0.1, -0.05) is 170 Å². The molecule has 0 amide bonds. The molecular weight excluding hydrogens is 817 g/mol. The van der Waals surface area contributed by atoms with Crippen LogP contribution in [0.4, 0.5) is 0 Å². The first-order valence-electron chi connectivity index (χ1n) is 23.2. The lowest BCUT2D eigenvalue weighted by Gasteiger charge is -2.76. The summed E-state index contributed by atoms with van der Waals surface area (Å²) >= 11 is 0. The van der Waals surface area contributed by atoms with Crippen molar-refractivity contribution < 1.29 is 0 Å². The van der Waals surface area contributed by atoms with Crippen molar-refractivity contribution in [2.75, 3.05) is 0 Å². The Kier molecular flexibility index (Phi) is 9.11. The summed E-state index contributed by atoms with van der Waals surface area (Å²) in [6.07, 6.45) is 4.09. The molecular formula is C61H42N6. The van der Waals surface area contributed by atoms with E-state index in [-0.39, 0.29) is 0 Å². The van der Waals surface area contributed by atoms with Crippen LogP contribution < -0.4 is 0 Å². The molecule has 10 aromatic rings. The summed E-state index contributed by atoms with van der Waals surface area (Å²) in [5, 5.41) is 11.8. The van der Waals surface area contributed by atoms with E-state index >= 15 is 0 Å². The molecule has 0 radical (unpaired) electrons. The normalized spacial score (nSPS) is 18.8. The zero-order valence-electron chi connectivity index (χ0n) is 36.6. The Balaban J connectivity index is 0.852. The topological polar surface area (TPSA) is 88.2 Å². The van der Waals surface area contributed by atoms with Gasteiger partial charge in [0.2, 0.25) is 0 Å². The summed E-state index contributed by atoms with van der Waals surface area (Å²) in [4.78, 5) is 25.8.